The maximum absolute atomic E-state index is 11.7. The Bertz CT molecular complexity index is 555. The molecule has 0 radical (unpaired) electrons. The Labute approximate surface area is 139 Å². The largest absolute Gasteiger partial charge is 0.337 e. The fourth-order valence-electron chi connectivity index (χ4n) is 2.20. The number of thioether (sulfide) groups is 1. The van der Waals surface area contributed by atoms with E-state index in [1.54, 1.807) is 0 Å². The van der Waals surface area contributed by atoms with Crippen LogP contribution in [0.2, 0.25) is 0 Å². The van der Waals surface area contributed by atoms with Crippen LogP contribution in [0.3, 0.4) is 0 Å². The molecular formula is C15H21N3O2S2. The van der Waals surface area contributed by atoms with Gasteiger partial charge in [-0.05, 0) is 39.0 Å². The second kappa shape index (κ2) is 8.95. The number of urea groups is 1. The molecule has 0 bridgehead atoms. The van der Waals surface area contributed by atoms with Gasteiger partial charge in [0.2, 0.25) is 5.91 Å². The number of allylic oxidation sites excluding steroid dienone is 1. The third kappa shape index (κ3) is 6.19. The first-order chi connectivity index (χ1) is 10.6. The number of nitrogens with zero attached hydrogens (tertiary/aromatic N) is 1. The van der Waals surface area contributed by atoms with Crippen molar-refractivity contribution in [2.24, 2.45) is 0 Å². The van der Waals surface area contributed by atoms with Crippen molar-refractivity contribution >= 4 is 35.0 Å². The van der Waals surface area contributed by atoms with Gasteiger partial charge in [0, 0.05) is 17.6 Å². The molecule has 1 heterocycles. The van der Waals surface area contributed by atoms with E-state index >= 15 is 0 Å². The van der Waals surface area contributed by atoms with Gasteiger partial charge >= 0.3 is 6.03 Å². The predicted molar refractivity (Wildman–Crippen MR) is 90.3 cm³/mol. The zero-order valence-corrected chi connectivity index (χ0v) is 14.3. The number of carbonyl (C=O) groups is 2. The highest BCUT2D eigenvalue weighted by Gasteiger charge is 2.10. The summed E-state index contributed by atoms with van der Waals surface area (Å²) in [6.07, 6.45) is 7.92. The summed E-state index contributed by atoms with van der Waals surface area (Å²) in [5.41, 5.74) is 2.36. The van der Waals surface area contributed by atoms with Gasteiger partial charge in [-0.15, -0.1) is 11.3 Å². The van der Waals surface area contributed by atoms with Crippen molar-refractivity contribution < 1.29 is 9.59 Å². The van der Waals surface area contributed by atoms with Crippen LogP contribution in [0.1, 0.15) is 37.8 Å². The van der Waals surface area contributed by atoms with Crippen molar-refractivity contribution in [3.63, 3.8) is 0 Å². The van der Waals surface area contributed by atoms with E-state index in [0.29, 0.717) is 6.54 Å². The molecule has 22 heavy (non-hydrogen) atoms. The summed E-state index contributed by atoms with van der Waals surface area (Å²) in [6, 6.07) is -0.419. The quantitative estimate of drug-likeness (QED) is 0.616. The van der Waals surface area contributed by atoms with E-state index in [-0.39, 0.29) is 11.7 Å². The van der Waals surface area contributed by atoms with Gasteiger partial charge in [-0.3, -0.25) is 10.1 Å². The lowest BCUT2D eigenvalue weighted by Gasteiger charge is -2.13. The summed E-state index contributed by atoms with van der Waals surface area (Å²) >= 11 is 2.85. The summed E-state index contributed by atoms with van der Waals surface area (Å²) in [6.45, 7) is 2.49. The first-order valence-corrected chi connectivity index (χ1v) is 9.30. The molecule has 7 heteroatoms. The Kier molecular flexibility index (Phi) is 6.92. The van der Waals surface area contributed by atoms with E-state index in [2.05, 4.69) is 21.7 Å². The lowest BCUT2D eigenvalue weighted by atomic mass is 9.97. The highest BCUT2D eigenvalue weighted by atomic mass is 32.2. The molecule has 0 aromatic carbocycles. The normalized spacial score (nSPS) is 14.3. The third-order valence-electron chi connectivity index (χ3n) is 3.29. The number of amides is 3. The second-order valence-electron chi connectivity index (χ2n) is 5.21. The van der Waals surface area contributed by atoms with Crippen LogP contribution in [0.15, 0.2) is 21.4 Å². The van der Waals surface area contributed by atoms with Crippen LogP contribution < -0.4 is 10.6 Å². The van der Waals surface area contributed by atoms with Gasteiger partial charge in [0.1, 0.15) is 0 Å². The van der Waals surface area contributed by atoms with Crippen molar-refractivity contribution in [3.8, 4) is 0 Å². The van der Waals surface area contributed by atoms with E-state index in [1.165, 1.54) is 41.5 Å². The summed E-state index contributed by atoms with van der Waals surface area (Å²) in [4.78, 5) is 27.6. The molecular weight excluding hydrogens is 318 g/mol. The smallest absolute Gasteiger partial charge is 0.321 e. The summed E-state index contributed by atoms with van der Waals surface area (Å²) < 4.78 is 0.845. The molecule has 0 saturated heterocycles. The van der Waals surface area contributed by atoms with E-state index in [4.69, 9.17) is 0 Å². The Morgan fingerprint density at radius 2 is 2.27 bits per heavy atom. The second-order valence-corrected chi connectivity index (χ2v) is 7.29. The van der Waals surface area contributed by atoms with Crippen molar-refractivity contribution in [3.05, 3.63) is 22.7 Å². The molecule has 0 fully saturated rings. The number of nitrogens with one attached hydrogen (secondary N) is 2. The number of aromatic nitrogens is 1. The highest BCUT2D eigenvalue weighted by Crippen LogP contribution is 2.21. The van der Waals surface area contributed by atoms with Crippen LogP contribution in [0.5, 0.6) is 0 Å². The van der Waals surface area contributed by atoms with E-state index in [0.717, 1.165) is 29.3 Å². The minimum Gasteiger partial charge on any atom is -0.337 e. The summed E-state index contributed by atoms with van der Waals surface area (Å²) in [7, 11) is 0. The zero-order chi connectivity index (χ0) is 15.8. The van der Waals surface area contributed by atoms with Crippen molar-refractivity contribution in [1.29, 1.82) is 0 Å². The topological polar surface area (TPSA) is 71.1 Å². The van der Waals surface area contributed by atoms with E-state index in [1.807, 2.05) is 12.3 Å². The van der Waals surface area contributed by atoms with Crippen LogP contribution in [0.4, 0.5) is 4.79 Å². The molecule has 3 amide bonds. The molecule has 1 aliphatic carbocycles. The van der Waals surface area contributed by atoms with Gasteiger partial charge in [-0.1, -0.05) is 23.4 Å². The number of imide groups is 1. The van der Waals surface area contributed by atoms with Gasteiger partial charge < -0.3 is 5.32 Å². The first kappa shape index (κ1) is 17.0. The molecule has 0 atom stereocenters. The van der Waals surface area contributed by atoms with Crippen molar-refractivity contribution in [1.82, 2.24) is 15.6 Å². The van der Waals surface area contributed by atoms with Crippen molar-refractivity contribution in [2.75, 3.05) is 12.3 Å². The van der Waals surface area contributed by atoms with Gasteiger partial charge in [-0.25, -0.2) is 9.78 Å². The molecule has 2 N–H and O–H groups in total. The van der Waals surface area contributed by atoms with Crippen molar-refractivity contribution in [2.45, 2.75) is 43.4 Å². The maximum Gasteiger partial charge on any atom is 0.321 e. The van der Waals surface area contributed by atoms with Gasteiger partial charge in [-0.2, -0.15) is 0 Å². The molecule has 0 spiro atoms. The zero-order valence-electron chi connectivity index (χ0n) is 12.7. The fraction of sp³-hybridized carbons (Fsp3) is 0.533. The Morgan fingerprint density at radius 3 is 2.95 bits per heavy atom. The van der Waals surface area contributed by atoms with Gasteiger partial charge in [0.05, 0.1) is 5.75 Å². The van der Waals surface area contributed by atoms with E-state index < -0.39 is 6.03 Å². The Hall–Kier alpha value is -1.34. The van der Waals surface area contributed by atoms with Crippen LogP contribution in [-0.2, 0) is 4.79 Å². The molecule has 1 aromatic rings. The average Bonchev–Trinajstić information content (AvgIpc) is 2.92. The Morgan fingerprint density at radius 1 is 1.41 bits per heavy atom. The molecule has 1 aliphatic rings. The van der Waals surface area contributed by atoms with Crippen LogP contribution >= 0.6 is 23.1 Å². The molecule has 1 aromatic heterocycles. The SMILES string of the molecule is Cc1csc(SCC(=O)NC(=O)NCCC2=CCCCC2)n1. The summed E-state index contributed by atoms with van der Waals surface area (Å²) in [5, 5.41) is 7.01. The lowest BCUT2D eigenvalue weighted by molar-refractivity contribution is -0.117. The number of hydrogen-bond donors (Lipinski definition) is 2. The minimum absolute atomic E-state index is 0.200. The number of hydrogen-bond acceptors (Lipinski definition) is 5. The first-order valence-electron chi connectivity index (χ1n) is 7.44. The molecule has 120 valence electrons. The molecule has 0 aliphatic heterocycles. The number of carbonyl (C=O) groups excluding carboxylic acids is 2. The molecule has 5 nitrogen and oxygen atoms in total. The molecule has 0 unspecified atom stereocenters. The predicted octanol–water partition coefficient (Wildman–Crippen LogP) is 3.26. The number of aryl methyl sites for hydroxylation is 1. The monoisotopic (exact) mass is 339 g/mol. The molecule has 0 saturated carbocycles. The van der Waals surface area contributed by atoms with E-state index in [9.17, 15) is 9.59 Å². The maximum atomic E-state index is 11.7. The number of rotatable bonds is 6. The molecule has 2 rings (SSSR count). The third-order valence-corrected chi connectivity index (χ3v) is 5.43. The lowest BCUT2D eigenvalue weighted by Crippen LogP contribution is -2.40. The fourth-order valence-corrected chi connectivity index (χ4v) is 3.85. The van der Waals surface area contributed by atoms with Gasteiger partial charge in [0.15, 0.2) is 4.34 Å². The van der Waals surface area contributed by atoms with Crippen LogP contribution in [0.25, 0.3) is 0 Å². The van der Waals surface area contributed by atoms with Gasteiger partial charge in [0.25, 0.3) is 0 Å². The average molecular weight is 339 g/mol. The van der Waals surface area contributed by atoms with Crippen LogP contribution in [0, 0.1) is 6.92 Å². The Balaban J connectivity index is 1.59. The summed E-state index contributed by atoms with van der Waals surface area (Å²) in [5.74, 6) is -0.0989. The standard InChI is InChI=1S/C15H21N3O2S2/c1-11-9-21-15(17-11)22-10-13(19)18-14(20)16-8-7-12-5-3-2-4-6-12/h5,9H,2-4,6-8,10H2,1H3,(H2,16,18,19,20). The minimum atomic E-state index is -0.419. The highest BCUT2D eigenvalue weighted by molar-refractivity contribution is 8.01. The number of thiazole rings is 1. The van der Waals surface area contributed by atoms with Crippen LogP contribution in [-0.4, -0.2) is 29.2 Å².